The molecule has 0 bridgehead atoms. The summed E-state index contributed by atoms with van der Waals surface area (Å²) in [6, 6.07) is 5.77. The lowest BCUT2D eigenvalue weighted by atomic mass is 9.89. The first kappa shape index (κ1) is 16.2. The highest BCUT2D eigenvalue weighted by atomic mass is 16.6. The molecule has 23 heavy (non-hydrogen) atoms. The van der Waals surface area contributed by atoms with Crippen molar-refractivity contribution in [2.75, 3.05) is 33.3 Å². The van der Waals surface area contributed by atoms with Gasteiger partial charge in [0, 0.05) is 38.3 Å². The Labute approximate surface area is 137 Å². The van der Waals surface area contributed by atoms with Gasteiger partial charge in [0.15, 0.2) is 5.75 Å². The van der Waals surface area contributed by atoms with Crippen LogP contribution in [0.5, 0.6) is 5.75 Å². The van der Waals surface area contributed by atoms with E-state index >= 15 is 0 Å². The molecule has 126 valence electrons. The Balaban J connectivity index is 1.94. The zero-order chi connectivity index (χ0) is 16.2. The molecule has 1 atom stereocenters. The average Bonchev–Trinajstić information content (AvgIpc) is 3.10. The summed E-state index contributed by atoms with van der Waals surface area (Å²) in [7, 11) is 1.48. The molecule has 6 heteroatoms. The molecule has 3 rings (SSSR count). The standard InChI is InChI=1S/C17H25N3O3/c1-23-16-7-6-14(12-15(16)20(21)22)17(13-4-2-3-5-13)19-10-8-18-9-11-19/h6-7,12-13,17-18H,2-5,8-11H2,1H3/t17-/m1/s1. The van der Waals surface area contributed by atoms with E-state index in [0.29, 0.717) is 11.7 Å². The highest BCUT2D eigenvalue weighted by Gasteiger charge is 2.33. The predicted octanol–water partition coefficient (Wildman–Crippen LogP) is 2.74. The van der Waals surface area contributed by atoms with Gasteiger partial charge in [-0.1, -0.05) is 18.9 Å². The monoisotopic (exact) mass is 319 g/mol. The summed E-state index contributed by atoms with van der Waals surface area (Å²) in [6.45, 7) is 3.98. The van der Waals surface area contributed by atoms with Crippen LogP contribution in [0.25, 0.3) is 0 Å². The number of ether oxygens (including phenoxy) is 1. The molecule has 0 aromatic heterocycles. The summed E-state index contributed by atoms with van der Waals surface area (Å²) in [5, 5.41) is 14.7. The quantitative estimate of drug-likeness (QED) is 0.667. The lowest BCUT2D eigenvalue weighted by Gasteiger charge is -2.38. The SMILES string of the molecule is COc1ccc([C@@H](C2CCCC2)N2CCNCC2)cc1[N+](=O)[O-]. The van der Waals surface area contributed by atoms with Crippen LogP contribution in [-0.2, 0) is 0 Å². The molecule has 1 heterocycles. The third kappa shape index (κ3) is 3.48. The van der Waals surface area contributed by atoms with Crippen molar-refractivity contribution in [2.45, 2.75) is 31.7 Å². The Hall–Kier alpha value is -1.66. The largest absolute Gasteiger partial charge is 0.490 e. The lowest BCUT2D eigenvalue weighted by Crippen LogP contribution is -2.46. The second kappa shape index (κ2) is 7.27. The second-order valence-corrected chi connectivity index (χ2v) is 6.46. The molecule has 1 N–H and O–H groups in total. The van der Waals surface area contributed by atoms with Crippen LogP contribution in [0.15, 0.2) is 18.2 Å². The number of piperazine rings is 1. The summed E-state index contributed by atoms with van der Waals surface area (Å²) >= 11 is 0. The number of hydrogen-bond donors (Lipinski definition) is 1. The number of benzene rings is 1. The minimum Gasteiger partial charge on any atom is -0.490 e. The summed E-state index contributed by atoms with van der Waals surface area (Å²) in [6.07, 6.45) is 4.97. The Bertz CT molecular complexity index is 552. The summed E-state index contributed by atoms with van der Waals surface area (Å²) in [5.41, 5.74) is 1.13. The van der Waals surface area contributed by atoms with Gasteiger partial charge in [0.2, 0.25) is 0 Å². The fraction of sp³-hybridized carbons (Fsp3) is 0.647. The second-order valence-electron chi connectivity index (χ2n) is 6.46. The van der Waals surface area contributed by atoms with Crippen molar-refractivity contribution in [3.8, 4) is 5.75 Å². The summed E-state index contributed by atoms with van der Waals surface area (Å²) < 4.78 is 5.15. The number of nitro benzene ring substituents is 1. The van der Waals surface area contributed by atoms with Crippen LogP contribution < -0.4 is 10.1 Å². The highest BCUT2D eigenvalue weighted by Crippen LogP contribution is 2.41. The van der Waals surface area contributed by atoms with Gasteiger partial charge in [-0.3, -0.25) is 15.0 Å². The number of nitrogens with zero attached hydrogens (tertiary/aromatic N) is 2. The number of methoxy groups -OCH3 is 1. The van der Waals surface area contributed by atoms with Crippen LogP contribution in [0.4, 0.5) is 5.69 Å². The van der Waals surface area contributed by atoms with E-state index < -0.39 is 0 Å². The zero-order valence-electron chi connectivity index (χ0n) is 13.7. The molecular formula is C17H25N3O3. The average molecular weight is 319 g/mol. The van der Waals surface area contributed by atoms with Crippen molar-refractivity contribution in [3.63, 3.8) is 0 Å². The minimum atomic E-state index is -0.341. The molecule has 2 aliphatic rings. The molecule has 0 radical (unpaired) electrons. The van der Waals surface area contributed by atoms with E-state index in [1.54, 1.807) is 12.1 Å². The van der Waals surface area contributed by atoms with E-state index in [1.165, 1.54) is 32.8 Å². The van der Waals surface area contributed by atoms with Crippen molar-refractivity contribution >= 4 is 5.69 Å². The molecule has 0 amide bonds. The molecule has 1 aliphatic carbocycles. The van der Waals surface area contributed by atoms with E-state index in [1.807, 2.05) is 6.07 Å². The van der Waals surface area contributed by atoms with Crippen molar-refractivity contribution in [1.29, 1.82) is 0 Å². The molecule has 0 unspecified atom stereocenters. The maximum absolute atomic E-state index is 11.4. The first-order valence-electron chi connectivity index (χ1n) is 8.48. The molecule has 1 aromatic carbocycles. The van der Waals surface area contributed by atoms with Crippen molar-refractivity contribution in [2.24, 2.45) is 5.92 Å². The third-order valence-corrected chi connectivity index (χ3v) is 5.13. The van der Waals surface area contributed by atoms with Gasteiger partial charge < -0.3 is 10.1 Å². The molecular weight excluding hydrogens is 294 g/mol. The first-order valence-corrected chi connectivity index (χ1v) is 8.48. The topological polar surface area (TPSA) is 67.6 Å². The predicted molar refractivity (Wildman–Crippen MR) is 88.8 cm³/mol. The molecule has 1 saturated carbocycles. The van der Waals surface area contributed by atoms with Crippen LogP contribution in [0, 0.1) is 16.0 Å². The van der Waals surface area contributed by atoms with Crippen molar-refractivity contribution in [1.82, 2.24) is 10.2 Å². The molecule has 1 aliphatic heterocycles. The van der Waals surface area contributed by atoms with Crippen LogP contribution >= 0.6 is 0 Å². The smallest absolute Gasteiger partial charge is 0.311 e. The van der Waals surface area contributed by atoms with Crippen LogP contribution in [0.1, 0.15) is 37.3 Å². The normalized spacial score (nSPS) is 21.3. The molecule has 1 aromatic rings. The fourth-order valence-electron chi connectivity index (χ4n) is 4.05. The Morgan fingerprint density at radius 1 is 1.30 bits per heavy atom. The van der Waals surface area contributed by atoms with E-state index in [9.17, 15) is 10.1 Å². The number of nitrogens with one attached hydrogen (secondary N) is 1. The Morgan fingerprint density at radius 2 is 2.00 bits per heavy atom. The van der Waals surface area contributed by atoms with Gasteiger partial charge in [0.1, 0.15) is 0 Å². The van der Waals surface area contributed by atoms with Crippen molar-refractivity contribution in [3.05, 3.63) is 33.9 Å². The fourth-order valence-corrected chi connectivity index (χ4v) is 4.05. The summed E-state index contributed by atoms with van der Waals surface area (Å²) in [4.78, 5) is 13.5. The lowest BCUT2D eigenvalue weighted by molar-refractivity contribution is -0.385. The maximum Gasteiger partial charge on any atom is 0.311 e. The third-order valence-electron chi connectivity index (χ3n) is 5.13. The maximum atomic E-state index is 11.4. The number of nitro groups is 1. The Morgan fingerprint density at radius 3 is 2.61 bits per heavy atom. The van der Waals surface area contributed by atoms with Crippen LogP contribution in [0.2, 0.25) is 0 Å². The van der Waals surface area contributed by atoms with Gasteiger partial charge in [-0.2, -0.15) is 0 Å². The number of rotatable bonds is 5. The molecule has 1 saturated heterocycles. The number of hydrogen-bond acceptors (Lipinski definition) is 5. The van der Waals surface area contributed by atoms with E-state index in [0.717, 1.165) is 31.7 Å². The molecule has 0 spiro atoms. The van der Waals surface area contributed by atoms with Crippen molar-refractivity contribution < 1.29 is 9.66 Å². The minimum absolute atomic E-state index is 0.0723. The highest BCUT2D eigenvalue weighted by molar-refractivity contribution is 5.49. The zero-order valence-corrected chi connectivity index (χ0v) is 13.7. The van der Waals surface area contributed by atoms with Crippen LogP contribution in [-0.4, -0.2) is 43.1 Å². The van der Waals surface area contributed by atoms with Gasteiger partial charge >= 0.3 is 5.69 Å². The van der Waals surface area contributed by atoms with Gasteiger partial charge in [0.05, 0.1) is 12.0 Å². The van der Waals surface area contributed by atoms with Gasteiger partial charge in [-0.15, -0.1) is 0 Å². The Kier molecular flexibility index (Phi) is 5.13. The van der Waals surface area contributed by atoms with E-state index in [2.05, 4.69) is 10.2 Å². The first-order chi connectivity index (χ1) is 11.2. The molecule has 2 fully saturated rings. The molecule has 6 nitrogen and oxygen atoms in total. The van der Waals surface area contributed by atoms with E-state index in [4.69, 9.17) is 4.74 Å². The van der Waals surface area contributed by atoms with Gasteiger partial charge in [-0.25, -0.2) is 0 Å². The van der Waals surface area contributed by atoms with E-state index in [-0.39, 0.29) is 16.7 Å². The summed E-state index contributed by atoms with van der Waals surface area (Å²) in [5.74, 6) is 0.935. The van der Waals surface area contributed by atoms with Gasteiger partial charge in [0.25, 0.3) is 0 Å². The van der Waals surface area contributed by atoms with Crippen LogP contribution in [0.3, 0.4) is 0 Å². The van der Waals surface area contributed by atoms with Gasteiger partial charge in [-0.05, 0) is 30.4 Å².